The minimum absolute atomic E-state index is 0.0548. The molecular formula is C16H20N4O2. The molecule has 2 aromatic heterocycles. The van der Waals surface area contributed by atoms with Gasteiger partial charge < -0.3 is 14.2 Å². The molecule has 0 radical (unpaired) electrons. The highest BCUT2D eigenvalue weighted by Gasteiger charge is 2.23. The average Bonchev–Trinajstić information content (AvgIpc) is 3.21. The van der Waals surface area contributed by atoms with Gasteiger partial charge in [-0.05, 0) is 25.0 Å². The normalized spacial score (nSPS) is 17.5. The van der Waals surface area contributed by atoms with Crippen molar-refractivity contribution in [1.29, 1.82) is 0 Å². The zero-order chi connectivity index (χ0) is 15.2. The van der Waals surface area contributed by atoms with Crippen molar-refractivity contribution in [3.8, 4) is 0 Å². The summed E-state index contributed by atoms with van der Waals surface area (Å²) >= 11 is 0. The molecule has 22 heavy (non-hydrogen) atoms. The van der Waals surface area contributed by atoms with Gasteiger partial charge in [-0.25, -0.2) is 4.98 Å². The Kier molecular flexibility index (Phi) is 4.80. The molecule has 0 unspecified atom stereocenters. The number of rotatable bonds is 6. The Balaban J connectivity index is 1.68. The Morgan fingerprint density at radius 2 is 2.36 bits per heavy atom. The molecule has 2 aromatic rings. The quantitative estimate of drug-likeness (QED) is 0.811. The number of imidazole rings is 1. The largest absolute Gasteiger partial charge is 0.376 e. The van der Waals surface area contributed by atoms with E-state index in [0.717, 1.165) is 25.1 Å². The summed E-state index contributed by atoms with van der Waals surface area (Å²) in [5.41, 5.74) is 0.888. The number of amides is 1. The lowest BCUT2D eigenvalue weighted by Gasteiger charge is -2.25. The number of nitrogens with zero attached hydrogens (tertiary/aromatic N) is 4. The molecule has 1 aliphatic heterocycles. The fraction of sp³-hybridized carbons (Fsp3) is 0.438. The van der Waals surface area contributed by atoms with Crippen LogP contribution in [0.15, 0.2) is 43.1 Å². The van der Waals surface area contributed by atoms with Crippen molar-refractivity contribution in [3.05, 3.63) is 48.8 Å². The Hall–Kier alpha value is -2.21. The van der Waals surface area contributed by atoms with E-state index in [-0.39, 0.29) is 12.0 Å². The third kappa shape index (κ3) is 3.92. The Labute approximate surface area is 129 Å². The molecule has 116 valence electrons. The van der Waals surface area contributed by atoms with Crippen LogP contribution < -0.4 is 0 Å². The second kappa shape index (κ2) is 7.17. The molecule has 0 bridgehead atoms. The fourth-order valence-electron chi connectivity index (χ4n) is 2.61. The zero-order valence-electron chi connectivity index (χ0n) is 12.5. The second-order valence-electron chi connectivity index (χ2n) is 5.47. The van der Waals surface area contributed by atoms with E-state index in [1.165, 1.54) is 0 Å². The molecule has 3 heterocycles. The molecule has 0 aromatic carbocycles. The lowest BCUT2D eigenvalue weighted by Crippen LogP contribution is -2.38. The maximum Gasteiger partial charge on any atom is 0.242 e. The fourth-order valence-corrected chi connectivity index (χ4v) is 2.61. The van der Waals surface area contributed by atoms with E-state index < -0.39 is 0 Å². The summed E-state index contributed by atoms with van der Waals surface area (Å²) < 4.78 is 7.45. The predicted molar refractivity (Wildman–Crippen MR) is 80.9 cm³/mol. The number of hydrogen-bond acceptors (Lipinski definition) is 4. The molecule has 1 saturated heterocycles. The van der Waals surface area contributed by atoms with E-state index in [2.05, 4.69) is 9.97 Å². The van der Waals surface area contributed by atoms with Crippen molar-refractivity contribution >= 4 is 5.91 Å². The lowest BCUT2D eigenvalue weighted by molar-refractivity contribution is -0.134. The number of carbonyl (C=O) groups is 1. The molecule has 0 saturated carbocycles. The van der Waals surface area contributed by atoms with E-state index in [1.54, 1.807) is 29.5 Å². The van der Waals surface area contributed by atoms with Crippen LogP contribution in [0.1, 0.15) is 18.5 Å². The smallest absolute Gasteiger partial charge is 0.242 e. The number of pyridine rings is 1. The van der Waals surface area contributed by atoms with E-state index in [1.807, 2.05) is 23.1 Å². The summed E-state index contributed by atoms with van der Waals surface area (Å²) in [6.45, 7) is 2.20. The van der Waals surface area contributed by atoms with Gasteiger partial charge in [0, 0.05) is 31.7 Å². The minimum Gasteiger partial charge on any atom is -0.376 e. The number of hydrogen-bond donors (Lipinski definition) is 0. The monoisotopic (exact) mass is 300 g/mol. The van der Waals surface area contributed by atoms with Gasteiger partial charge in [0.1, 0.15) is 6.54 Å². The van der Waals surface area contributed by atoms with Crippen LogP contribution in [0, 0.1) is 0 Å². The SMILES string of the molecule is O=C(Cn1ccnc1)N(Cc1ccccn1)C[C@H]1CCCO1. The number of carbonyl (C=O) groups excluding carboxylic acids is 1. The molecule has 1 aliphatic rings. The van der Waals surface area contributed by atoms with Crippen molar-refractivity contribution in [3.63, 3.8) is 0 Å². The lowest BCUT2D eigenvalue weighted by atomic mass is 10.2. The van der Waals surface area contributed by atoms with Crippen molar-refractivity contribution in [2.75, 3.05) is 13.2 Å². The third-order valence-corrected chi connectivity index (χ3v) is 3.76. The summed E-state index contributed by atoms with van der Waals surface area (Å²) in [4.78, 5) is 22.7. The van der Waals surface area contributed by atoms with Crippen molar-refractivity contribution in [1.82, 2.24) is 19.4 Å². The van der Waals surface area contributed by atoms with E-state index in [0.29, 0.717) is 19.6 Å². The summed E-state index contributed by atoms with van der Waals surface area (Å²) in [5, 5.41) is 0. The molecular weight excluding hydrogens is 280 g/mol. The molecule has 1 atom stereocenters. The van der Waals surface area contributed by atoms with Crippen LogP contribution in [0.4, 0.5) is 0 Å². The minimum atomic E-state index is 0.0548. The summed E-state index contributed by atoms with van der Waals surface area (Å²) in [6, 6.07) is 5.75. The van der Waals surface area contributed by atoms with Gasteiger partial charge in [-0.3, -0.25) is 9.78 Å². The third-order valence-electron chi connectivity index (χ3n) is 3.76. The molecule has 6 heteroatoms. The van der Waals surface area contributed by atoms with Crippen molar-refractivity contribution < 1.29 is 9.53 Å². The topological polar surface area (TPSA) is 60.2 Å². The van der Waals surface area contributed by atoms with Crippen LogP contribution in [0.3, 0.4) is 0 Å². The maximum atomic E-state index is 12.6. The highest BCUT2D eigenvalue weighted by Crippen LogP contribution is 2.15. The van der Waals surface area contributed by atoms with Crippen molar-refractivity contribution in [2.45, 2.75) is 32.0 Å². The number of ether oxygens (including phenoxy) is 1. The zero-order valence-corrected chi connectivity index (χ0v) is 12.5. The first-order valence-corrected chi connectivity index (χ1v) is 7.56. The van der Waals surface area contributed by atoms with Gasteiger partial charge in [-0.15, -0.1) is 0 Å². The first kappa shape index (κ1) is 14.7. The molecule has 6 nitrogen and oxygen atoms in total. The van der Waals surface area contributed by atoms with Crippen LogP contribution in [0.2, 0.25) is 0 Å². The average molecular weight is 300 g/mol. The molecule has 0 N–H and O–H groups in total. The van der Waals surface area contributed by atoms with Gasteiger partial charge in [-0.2, -0.15) is 0 Å². The predicted octanol–water partition coefficient (Wildman–Crippen LogP) is 1.49. The van der Waals surface area contributed by atoms with Gasteiger partial charge in [0.25, 0.3) is 0 Å². The highest BCUT2D eigenvalue weighted by atomic mass is 16.5. The van der Waals surface area contributed by atoms with E-state index >= 15 is 0 Å². The molecule has 3 rings (SSSR count). The van der Waals surface area contributed by atoms with Crippen LogP contribution >= 0.6 is 0 Å². The second-order valence-corrected chi connectivity index (χ2v) is 5.47. The summed E-state index contributed by atoms with van der Waals surface area (Å²) in [5.74, 6) is 0.0548. The van der Waals surface area contributed by atoms with Crippen LogP contribution in [-0.2, 0) is 22.6 Å². The first-order valence-electron chi connectivity index (χ1n) is 7.56. The van der Waals surface area contributed by atoms with Gasteiger partial charge in [0.15, 0.2) is 0 Å². The van der Waals surface area contributed by atoms with Gasteiger partial charge in [0.2, 0.25) is 5.91 Å². The van der Waals surface area contributed by atoms with E-state index in [9.17, 15) is 4.79 Å². The Morgan fingerprint density at radius 3 is 3.05 bits per heavy atom. The van der Waals surface area contributed by atoms with Gasteiger partial charge in [0.05, 0.1) is 24.7 Å². The molecule has 1 fully saturated rings. The summed E-state index contributed by atoms with van der Waals surface area (Å²) in [6.07, 6.45) is 9.09. The van der Waals surface area contributed by atoms with Crippen LogP contribution in [0.25, 0.3) is 0 Å². The van der Waals surface area contributed by atoms with Crippen molar-refractivity contribution in [2.24, 2.45) is 0 Å². The van der Waals surface area contributed by atoms with Gasteiger partial charge in [-0.1, -0.05) is 6.07 Å². The highest BCUT2D eigenvalue weighted by molar-refractivity contribution is 5.76. The molecule has 0 spiro atoms. The standard InChI is InChI=1S/C16H20N4O2/c21-16(12-19-8-7-17-13-19)20(11-15-5-3-9-22-15)10-14-4-1-2-6-18-14/h1-2,4,6-8,13,15H,3,5,9-12H2/t15-/m1/s1. The van der Waals surface area contributed by atoms with Gasteiger partial charge >= 0.3 is 0 Å². The molecule has 0 aliphatic carbocycles. The Bertz CT molecular complexity index is 579. The van der Waals surface area contributed by atoms with E-state index in [4.69, 9.17) is 4.74 Å². The van der Waals surface area contributed by atoms with Crippen LogP contribution in [0.5, 0.6) is 0 Å². The number of aromatic nitrogens is 3. The molecule has 1 amide bonds. The Morgan fingerprint density at radius 1 is 1.41 bits per heavy atom. The maximum absolute atomic E-state index is 12.6. The van der Waals surface area contributed by atoms with Crippen LogP contribution in [-0.4, -0.2) is 44.6 Å². The first-order chi connectivity index (χ1) is 10.8. The summed E-state index contributed by atoms with van der Waals surface area (Å²) in [7, 11) is 0.